The second-order valence-corrected chi connectivity index (χ2v) is 6.03. The van der Waals surface area contributed by atoms with Gasteiger partial charge in [-0.3, -0.25) is 4.79 Å². The van der Waals surface area contributed by atoms with Crippen molar-refractivity contribution >= 4 is 23.5 Å². The number of nitriles is 2. The molecule has 2 aromatic rings. The number of ether oxygens (including phenoxy) is 2. The van der Waals surface area contributed by atoms with Crippen molar-refractivity contribution in [3.8, 4) is 40.5 Å². The minimum atomic E-state index is -0.529. The molecular weight excluding hydrogens is 372 g/mol. The SMILES string of the molecule is COC(=O)CSc1nc(N)c(C#N)c(-c2cc(O)c(O)c(OC)c2)c1C#N. The number of hydrogen-bond donors (Lipinski definition) is 3. The van der Waals surface area contributed by atoms with Gasteiger partial charge in [0.05, 0.1) is 25.5 Å². The van der Waals surface area contributed by atoms with Gasteiger partial charge in [-0.15, -0.1) is 0 Å². The lowest BCUT2D eigenvalue weighted by Crippen LogP contribution is -2.07. The van der Waals surface area contributed by atoms with Crippen LogP contribution in [0.5, 0.6) is 17.2 Å². The van der Waals surface area contributed by atoms with Crippen molar-refractivity contribution in [3.63, 3.8) is 0 Å². The van der Waals surface area contributed by atoms with Gasteiger partial charge in [-0.2, -0.15) is 10.5 Å². The fraction of sp³-hybridized carbons (Fsp3) is 0.176. The number of hydrogen-bond acceptors (Lipinski definition) is 10. The molecule has 1 aromatic carbocycles. The highest BCUT2D eigenvalue weighted by molar-refractivity contribution is 7.99. The number of pyridine rings is 1. The molecule has 0 saturated heterocycles. The number of phenolic OH excluding ortho intramolecular Hbond substituents is 2. The lowest BCUT2D eigenvalue weighted by Gasteiger charge is -2.14. The maximum atomic E-state index is 11.4. The van der Waals surface area contributed by atoms with Crippen molar-refractivity contribution in [2.75, 3.05) is 25.7 Å². The highest BCUT2D eigenvalue weighted by atomic mass is 32.2. The average molecular weight is 386 g/mol. The van der Waals surface area contributed by atoms with Crippen LogP contribution in [0.25, 0.3) is 11.1 Å². The molecule has 1 heterocycles. The molecule has 1 aromatic heterocycles. The van der Waals surface area contributed by atoms with E-state index in [1.807, 2.05) is 12.1 Å². The average Bonchev–Trinajstić information content (AvgIpc) is 2.67. The Balaban J connectivity index is 2.77. The Bertz CT molecular complexity index is 995. The number of aromatic hydroxyl groups is 2. The topological polar surface area (TPSA) is 162 Å². The summed E-state index contributed by atoms with van der Waals surface area (Å²) in [5.74, 6) is -1.84. The molecule has 0 fully saturated rings. The van der Waals surface area contributed by atoms with Crippen molar-refractivity contribution in [2.24, 2.45) is 0 Å². The van der Waals surface area contributed by atoms with Gasteiger partial charge < -0.3 is 25.4 Å². The van der Waals surface area contributed by atoms with Gasteiger partial charge in [-0.05, 0) is 17.7 Å². The Hall–Kier alpha value is -3.63. The Labute approximate surface area is 158 Å². The van der Waals surface area contributed by atoms with E-state index in [9.17, 15) is 25.5 Å². The molecule has 0 unspecified atom stereocenters. The highest BCUT2D eigenvalue weighted by Gasteiger charge is 2.23. The lowest BCUT2D eigenvalue weighted by atomic mass is 9.96. The van der Waals surface area contributed by atoms with Crippen LogP contribution in [0, 0.1) is 22.7 Å². The molecule has 0 aliphatic heterocycles. The van der Waals surface area contributed by atoms with Crippen LogP contribution >= 0.6 is 11.8 Å². The van der Waals surface area contributed by atoms with E-state index in [0.29, 0.717) is 0 Å². The molecule has 0 spiro atoms. The van der Waals surface area contributed by atoms with E-state index >= 15 is 0 Å². The molecule has 27 heavy (non-hydrogen) atoms. The zero-order valence-electron chi connectivity index (χ0n) is 14.3. The van der Waals surface area contributed by atoms with Gasteiger partial charge in [0.2, 0.25) is 5.75 Å². The van der Waals surface area contributed by atoms with Crippen molar-refractivity contribution in [2.45, 2.75) is 5.03 Å². The van der Waals surface area contributed by atoms with E-state index in [0.717, 1.165) is 11.8 Å². The summed E-state index contributed by atoms with van der Waals surface area (Å²) >= 11 is 0.923. The Morgan fingerprint density at radius 3 is 2.48 bits per heavy atom. The maximum absolute atomic E-state index is 11.4. The highest BCUT2D eigenvalue weighted by Crippen LogP contribution is 2.43. The summed E-state index contributed by atoms with van der Waals surface area (Å²) in [7, 11) is 2.51. The van der Waals surface area contributed by atoms with Gasteiger partial charge in [-0.1, -0.05) is 11.8 Å². The standard InChI is InChI=1S/C17H14N4O5S/c1-25-12-4-8(3-11(22)15(12)24)14-9(5-18)16(20)21-17(10(14)6-19)27-7-13(23)26-2/h3-4,22,24H,7H2,1-2H3,(H2,20,21). The van der Waals surface area contributed by atoms with Crippen molar-refractivity contribution in [1.82, 2.24) is 4.98 Å². The van der Waals surface area contributed by atoms with Crippen LogP contribution in [0.4, 0.5) is 5.82 Å². The summed E-state index contributed by atoms with van der Waals surface area (Å²) in [6.07, 6.45) is 0. The zero-order valence-corrected chi connectivity index (χ0v) is 15.1. The lowest BCUT2D eigenvalue weighted by molar-refractivity contribution is -0.137. The minimum absolute atomic E-state index is 0.0122. The molecule has 2 rings (SSSR count). The van der Waals surface area contributed by atoms with Crippen molar-refractivity contribution in [3.05, 3.63) is 23.3 Å². The molecule has 0 radical (unpaired) electrons. The van der Waals surface area contributed by atoms with E-state index in [4.69, 9.17) is 10.5 Å². The molecule has 0 aliphatic rings. The Morgan fingerprint density at radius 1 is 1.26 bits per heavy atom. The van der Waals surface area contributed by atoms with Crippen LogP contribution in [0.15, 0.2) is 17.2 Å². The van der Waals surface area contributed by atoms with E-state index in [2.05, 4.69) is 9.72 Å². The van der Waals surface area contributed by atoms with Crippen LogP contribution in [-0.2, 0) is 9.53 Å². The number of benzene rings is 1. The van der Waals surface area contributed by atoms with E-state index in [1.54, 1.807) is 0 Å². The molecule has 138 valence electrons. The first-order valence-electron chi connectivity index (χ1n) is 7.31. The van der Waals surface area contributed by atoms with Gasteiger partial charge in [0.15, 0.2) is 11.5 Å². The minimum Gasteiger partial charge on any atom is -0.504 e. The van der Waals surface area contributed by atoms with E-state index in [1.165, 1.54) is 26.4 Å². The number of carbonyl (C=O) groups excluding carboxylic acids is 1. The van der Waals surface area contributed by atoms with Crippen LogP contribution in [-0.4, -0.2) is 41.1 Å². The fourth-order valence-electron chi connectivity index (χ4n) is 2.27. The number of anilines is 1. The number of nitrogen functional groups attached to an aromatic ring is 1. The number of nitrogens with two attached hydrogens (primary N) is 1. The number of phenols is 2. The quantitative estimate of drug-likeness (QED) is 0.392. The zero-order chi connectivity index (χ0) is 20.1. The smallest absolute Gasteiger partial charge is 0.316 e. The summed E-state index contributed by atoms with van der Waals surface area (Å²) in [6, 6.07) is 6.36. The largest absolute Gasteiger partial charge is 0.504 e. The molecule has 0 bridgehead atoms. The summed E-state index contributed by atoms with van der Waals surface area (Å²) in [5, 5.41) is 39.0. The van der Waals surface area contributed by atoms with Crippen LogP contribution in [0.1, 0.15) is 11.1 Å². The Kier molecular flexibility index (Phi) is 5.96. The van der Waals surface area contributed by atoms with Gasteiger partial charge in [0, 0.05) is 5.56 Å². The predicted octanol–water partition coefficient (Wildman–Crippen LogP) is 1.76. The van der Waals surface area contributed by atoms with Gasteiger partial charge >= 0.3 is 5.97 Å². The molecular formula is C17H14N4O5S. The summed E-state index contributed by atoms with van der Waals surface area (Å²) in [6.45, 7) is 0. The Morgan fingerprint density at radius 2 is 1.93 bits per heavy atom. The third-order valence-corrected chi connectivity index (χ3v) is 4.48. The number of carbonyl (C=O) groups is 1. The molecule has 0 atom stereocenters. The second-order valence-electron chi connectivity index (χ2n) is 5.06. The summed E-state index contributed by atoms with van der Waals surface area (Å²) in [5.41, 5.74) is 6.08. The van der Waals surface area contributed by atoms with E-state index < -0.39 is 17.5 Å². The molecule has 4 N–H and O–H groups in total. The van der Waals surface area contributed by atoms with E-state index in [-0.39, 0.29) is 44.6 Å². The first kappa shape index (κ1) is 19.7. The first-order chi connectivity index (χ1) is 12.9. The molecule has 0 saturated carbocycles. The predicted molar refractivity (Wildman–Crippen MR) is 96.1 cm³/mol. The number of thioether (sulfide) groups is 1. The normalized spacial score (nSPS) is 9.93. The van der Waals surface area contributed by atoms with Gasteiger partial charge in [0.1, 0.15) is 28.5 Å². The van der Waals surface area contributed by atoms with Crippen LogP contribution in [0.2, 0.25) is 0 Å². The van der Waals surface area contributed by atoms with Crippen LogP contribution < -0.4 is 10.5 Å². The number of nitrogens with zero attached hydrogens (tertiary/aromatic N) is 3. The monoisotopic (exact) mass is 386 g/mol. The number of methoxy groups -OCH3 is 2. The van der Waals surface area contributed by atoms with Crippen LogP contribution in [0.3, 0.4) is 0 Å². The van der Waals surface area contributed by atoms with Gasteiger partial charge in [-0.25, -0.2) is 4.98 Å². The third kappa shape index (κ3) is 3.81. The summed E-state index contributed by atoms with van der Waals surface area (Å²) < 4.78 is 9.56. The number of aromatic nitrogens is 1. The molecule has 10 heteroatoms. The first-order valence-corrected chi connectivity index (χ1v) is 8.30. The molecule has 9 nitrogen and oxygen atoms in total. The molecule has 0 aliphatic carbocycles. The van der Waals surface area contributed by atoms with Gasteiger partial charge in [0.25, 0.3) is 0 Å². The second kappa shape index (κ2) is 8.17. The maximum Gasteiger partial charge on any atom is 0.316 e. The van der Waals surface area contributed by atoms with Crippen molar-refractivity contribution < 1.29 is 24.5 Å². The molecule has 0 amide bonds. The number of rotatable bonds is 5. The number of esters is 1. The summed E-state index contributed by atoms with van der Waals surface area (Å²) in [4.78, 5) is 15.4. The fourth-order valence-corrected chi connectivity index (χ4v) is 3.10. The van der Waals surface area contributed by atoms with Crippen molar-refractivity contribution in [1.29, 1.82) is 10.5 Å². The third-order valence-electron chi connectivity index (χ3n) is 3.53.